The van der Waals surface area contributed by atoms with Gasteiger partial charge in [0.25, 0.3) is 5.91 Å². The second-order valence-electron chi connectivity index (χ2n) is 7.07. The Labute approximate surface area is 176 Å². The highest BCUT2D eigenvalue weighted by Gasteiger charge is 2.26. The molecule has 1 aliphatic heterocycles. The zero-order valence-electron chi connectivity index (χ0n) is 16.2. The van der Waals surface area contributed by atoms with Crippen molar-refractivity contribution in [3.05, 3.63) is 52.3 Å². The van der Waals surface area contributed by atoms with Crippen molar-refractivity contribution < 1.29 is 9.53 Å². The molecule has 1 fully saturated rings. The predicted molar refractivity (Wildman–Crippen MR) is 112 cm³/mol. The van der Waals surface area contributed by atoms with Gasteiger partial charge in [-0.1, -0.05) is 23.2 Å². The van der Waals surface area contributed by atoms with Crippen molar-refractivity contribution in [1.29, 1.82) is 0 Å². The molecule has 152 valence electrons. The summed E-state index contributed by atoms with van der Waals surface area (Å²) < 4.78 is 7.64. The maximum atomic E-state index is 12.3. The Morgan fingerprint density at radius 1 is 1.18 bits per heavy atom. The molecule has 0 aliphatic carbocycles. The normalized spacial score (nSPS) is 16.7. The molecule has 28 heavy (non-hydrogen) atoms. The molecule has 3 rings (SSSR count). The lowest BCUT2D eigenvalue weighted by atomic mass is 10.1. The van der Waals surface area contributed by atoms with E-state index in [0.29, 0.717) is 22.3 Å². The highest BCUT2D eigenvalue weighted by molar-refractivity contribution is 6.35. The van der Waals surface area contributed by atoms with Gasteiger partial charge in [0, 0.05) is 56.7 Å². The molecule has 1 amide bonds. The van der Waals surface area contributed by atoms with E-state index in [-0.39, 0.29) is 18.6 Å². The second kappa shape index (κ2) is 9.65. The average Bonchev–Trinajstić information content (AvgIpc) is 3.08. The van der Waals surface area contributed by atoms with Crippen LogP contribution in [-0.4, -0.2) is 66.7 Å². The minimum atomic E-state index is -0.181. The Kier molecular flexibility index (Phi) is 7.24. The van der Waals surface area contributed by atoms with Crippen molar-refractivity contribution in [2.75, 3.05) is 46.4 Å². The van der Waals surface area contributed by atoms with E-state index in [1.165, 1.54) is 5.69 Å². The van der Waals surface area contributed by atoms with Gasteiger partial charge in [0.05, 0.1) is 11.1 Å². The van der Waals surface area contributed by atoms with Gasteiger partial charge in [-0.2, -0.15) is 0 Å². The van der Waals surface area contributed by atoms with Crippen molar-refractivity contribution in [1.82, 2.24) is 19.7 Å². The summed E-state index contributed by atoms with van der Waals surface area (Å²) in [5.74, 6) is 0.263. The summed E-state index contributed by atoms with van der Waals surface area (Å²) in [6.07, 6.45) is 2.03. The number of carbonyl (C=O) groups excluding carboxylic acids is 1. The van der Waals surface area contributed by atoms with E-state index in [4.69, 9.17) is 27.9 Å². The van der Waals surface area contributed by atoms with Crippen molar-refractivity contribution in [2.24, 2.45) is 7.05 Å². The van der Waals surface area contributed by atoms with Crippen LogP contribution in [0, 0.1) is 0 Å². The van der Waals surface area contributed by atoms with Crippen LogP contribution in [0.25, 0.3) is 0 Å². The first-order valence-electron chi connectivity index (χ1n) is 9.32. The topological polar surface area (TPSA) is 49.7 Å². The van der Waals surface area contributed by atoms with E-state index in [9.17, 15) is 4.79 Å². The lowest BCUT2D eigenvalue weighted by Crippen LogP contribution is -2.49. The fraction of sp³-hybridized carbons (Fsp3) is 0.450. The summed E-state index contributed by atoms with van der Waals surface area (Å²) in [7, 11) is 4.17. The monoisotopic (exact) mass is 424 g/mol. The molecule has 1 aromatic heterocycles. The Balaban J connectivity index is 1.58. The Hall–Kier alpha value is -1.73. The molecule has 2 heterocycles. The third-order valence-electron chi connectivity index (χ3n) is 5.05. The summed E-state index contributed by atoms with van der Waals surface area (Å²) in [4.78, 5) is 17.1. The number of likely N-dealkylation sites (N-methyl/N-ethyl adjacent to an activating group) is 1. The quantitative estimate of drug-likeness (QED) is 0.742. The number of benzene rings is 1. The average molecular weight is 425 g/mol. The Morgan fingerprint density at radius 2 is 1.93 bits per heavy atom. The van der Waals surface area contributed by atoms with E-state index in [2.05, 4.69) is 32.8 Å². The zero-order valence-corrected chi connectivity index (χ0v) is 17.7. The number of halogens is 2. The molecule has 0 bridgehead atoms. The van der Waals surface area contributed by atoms with Crippen LogP contribution in [0.5, 0.6) is 5.75 Å². The summed E-state index contributed by atoms with van der Waals surface area (Å²) in [5, 5.41) is 3.92. The number of carbonyl (C=O) groups is 1. The number of nitrogens with zero attached hydrogens (tertiary/aromatic N) is 3. The highest BCUT2D eigenvalue weighted by atomic mass is 35.5. The molecule has 0 saturated carbocycles. The van der Waals surface area contributed by atoms with Crippen LogP contribution in [0.2, 0.25) is 10.0 Å². The SMILES string of the molecule is CN1CCN([C@@H](CNC(=O)COc2ccc(Cl)cc2Cl)c2cccn2C)CC1. The largest absolute Gasteiger partial charge is 0.482 e. The van der Waals surface area contributed by atoms with Gasteiger partial charge < -0.3 is 19.5 Å². The number of aryl methyl sites for hydroxylation is 1. The molecule has 1 saturated heterocycles. The van der Waals surface area contributed by atoms with Crippen LogP contribution in [0.1, 0.15) is 11.7 Å². The maximum Gasteiger partial charge on any atom is 0.258 e. The molecule has 2 aromatic rings. The zero-order chi connectivity index (χ0) is 20.1. The molecule has 8 heteroatoms. The van der Waals surface area contributed by atoms with Crippen LogP contribution in [0.15, 0.2) is 36.5 Å². The van der Waals surface area contributed by atoms with Gasteiger partial charge in [0.2, 0.25) is 0 Å². The number of hydrogen-bond acceptors (Lipinski definition) is 4. The van der Waals surface area contributed by atoms with Crippen molar-refractivity contribution in [3.63, 3.8) is 0 Å². The Bertz CT molecular complexity index is 803. The molecule has 6 nitrogen and oxygen atoms in total. The van der Waals surface area contributed by atoms with Crippen LogP contribution in [0.3, 0.4) is 0 Å². The number of ether oxygens (including phenoxy) is 1. The summed E-state index contributed by atoms with van der Waals surface area (Å²) >= 11 is 12.0. The van der Waals surface area contributed by atoms with E-state index in [0.717, 1.165) is 26.2 Å². The third-order valence-corrected chi connectivity index (χ3v) is 5.58. The van der Waals surface area contributed by atoms with Gasteiger partial charge in [-0.05, 0) is 37.4 Å². The molecule has 0 spiro atoms. The fourth-order valence-corrected chi connectivity index (χ4v) is 3.83. The van der Waals surface area contributed by atoms with Crippen LogP contribution < -0.4 is 10.1 Å². The van der Waals surface area contributed by atoms with Crippen molar-refractivity contribution in [2.45, 2.75) is 6.04 Å². The number of nitrogens with one attached hydrogen (secondary N) is 1. The van der Waals surface area contributed by atoms with Gasteiger partial charge in [0.15, 0.2) is 6.61 Å². The molecule has 1 aliphatic rings. The predicted octanol–water partition coefficient (Wildman–Crippen LogP) is 2.82. The first-order chi connectivity index (χ1) is 13.4. The first kappa shape index (κ1) is 21.0. The van der Waals surface area contributed by atoms with Gasteiger partial charge >= 0.3 is 0 Å². The molecular weight excluding hydrogens is 399 g/mol. The summed E-state index contributed by atoms with van der Waals surface area (Å²) in [6.45, 7) is 4.42. The minimum Gasteiger partial charge on any atom is -0.482 e. The van der Waals surface area contributed by atoms with E-state index < -0.39 is 0 Å². The molecule has 1 atom stereocenters. The molecule has 1 N–H and O–H groups in total. The van der Waals surface area contributed by atoms with Gasteiger partial charge in [-0.3, -0.25) is 9.69 Å². The van der Waals surface area contributed by atoms with Crippen molar-refractivity contribution in [3.8, 4) is 5.75 Å². The highest BCUT2D eigenvalue weighted by Crippen LogP contribution is 2.27. The standard InChI is InChI=1S/C20H26Cl2N4O2/c1-24-8-10-26(11-9-24)18(17-4-3-7-25(17)2)13-23-20(27)14-28-19-6-5-15(21)12-16(19)22/h3-7,12,18H,8-11,13-14H2,1-2H3,(H,23,27)/t18-/m0/s1. The number of amides is 1. The Morgan fingerprint density at radius 3 is 2.57 bits per heavy atom. The smallest absolute Gasteiger partial charge is 0.258 e. The number of rotatable bonds is 7. The van der Waals surface area contributed by atoms with Crippen molar-refractivity contribution >= 4 is 29.1 Å². The number of hydrogen-bond donors (Lipinski definition) is 1. The molecule has 1 aromatic carbocycles. The van der Waals surface area contributed by atoms with Crippen LogP contribution >= 0.6 is 23.2 Å². The molecular formula is C20H26Cl2N4O2. The van der Waals surface area contributed by atoms with Gasteiger partial charge in [-0.25, -0.2) is 0 Å². The summed E-state index contributed by atoms with van der Waals surface area (Å²) in [5.41, 5.74) is 1.19. The van der Waals surface area contributed by atoms with Crippen LogP contribution in [0.4, 0.5) is 0 Å². The molecule has 0 unspecified atom stereocenters. The van der Waals surface area contributed by atoms with Gasteiger partial charge in [0.1, 0.15) is 5.75 Å². The van der Waals surface area contributed by atoms with E-state index in [1.807, 2.05) is 19.3 Å². The fourth-order valence-electron chi connectivity index (χ4n) is 3.37. The lowest BCUT2D eigenvalue weighted by molar-refractivity contribution is -0.123. The second-order valence-corrected chi connectivity index (χ2v) is 7.91. The summed E-state index contributed by atoms with van der Waals surface area (Å²) in [6, 6.07) is 9.20. The van der Waals surface area contributed by atoms with E-state index in [1.54, 1.807) is 18.2 Å². The lowest BCUT2D eigenvalue weighted by Gasteiger charge is -2.38. The van der Waals surface area contributed by atoms with E-state index >= 15 is 0 Å². The maximum absolute atomic E-state index is 12.3. The third kappa shape index (κ3) is 5.41. The molecule has 0 radical (unpaired) electrons. The van der Waals surface area contributed by atoms with Gasteiger partial charge in [-0.15, -0.1) is 0 Å². The minimum absolute atomic E-state index is 0.0933. The van der Waals surface area contributed by atoms with Crippen LogP contribution in [-0.2, 0) is 11.8 Å². The number of piperazine rings is 1. The first-order valence-corrected chi connectivity index (χ1v) is 10.1. The number of aromatic nitrogens is 1.